The Kier molecular flexibility index (Phi) is 13.7. The van der Waals surface area contributed by atoms with Crippen LogP contribution in [0.5, 0.6) is 0 Å². The molecule has 0 radical (unpaired) electrons. The second-order valence-corrected chi connectivity index (χ2v) is 19.3. The van der Waals surface area contributed by atoms with E-state index in [0.717, 1.165) is 63.2 Å². The molecule has 0 aromatic heterocycles. The van der Waals surface area contributed by atoms with E-state index in [2.05, 4.69) is 17.1 Å². The number of nitrogens with one attached hydrogen (secondary N) is 1. The van der Waals surface area contributed by atoms with Crippen LogP contribution in [0.15, 0.2) is 40.2 Å². The van der Waals surface area contributed by atoms with Crippen molar-refractivity contribution >= 4 is 40.3 Å². The third-order valence-electron chi connectivity index (χ3n) is 15.2. The van der Waals surface area contributed by atoms with Gasteiger partial charge in [0.25, 0.3) is 5.91 Å². The van der Waals surface area contributed by atoms with Gasteiger partial charge in [0.1, 0.15) is 5.76 Å². The van der Waals surface area contributed by atoms with Gasteiger partial charge in [-0.25, -0.2) is 5.01 Å². The molecule has 4 fully saturated rings. The Bertz CT molecular complexity index is 1700. The molecule has 5 aliphatic carbocycles. The van der Waals surface area contributed by atoms with Gasteiger partial charge >= 0.3 is 0 Å². The van der Waals surface area contributed by atoms with Gasteiger partial charge in [0.05, 0.1) is 34.2 Å². The molecule has 7 rings (SSSR count). The average molecular weight is 781 g/mol. The normalized spacial score (nSPS) is 23.2. The molecule has 57 heavy (non-hydrogen) atoms. The molecule has 8 nitrogen and oxygen atoms in total. The highest BCUT2D eigenvalue weighted by atomic mass is 16.3. The van der Waals surface area contributed by atoms with Gasteiger partial charge in [-0.2, -0.15) is 5.10 Å². The van der Waals surface area contributed by atoms with E-state index >= 15 is 0 Å². The Morgan fingerprint density at radius 1 is 0.825 bits per heavy atom. The summed E-state index contributed by atoms with van der Waals surface area (Å²) in [6.07, 6.45) is 26.6. The smallest absolute Gasteiger partial charge is 0.277 e. The molecule has 312 valence electrons. The number of carbonyl (C=O) groups excluding carboxylic acids is 3. The van der Waals surface area contributed by atoms with Crippen LogP contribution in [0.1, 0.15) is 181 Å². The van der Waals surface area contributed by atoms with Gasteiger partial charge in [-0.1, -0.05) is 111 Å². The van der Waals surface area contributed by atoms with Crippen LogP contribution in [0.4, 0.5) is 11.4 Å². The summed E-state index contributed by atoms with van der Waals surface area (Å²) in [5, 5.41) is 22.3. The van der Waals surface area contributed by atoms with Crippen molar-refractivity contribution < 1.29 is 19.5 Å². The van der Waals surface area contributed by atoms with E-state index in [0.29, 0.717) is 53.1 Å². The molecule has 0 saturated heterocycles. The van der Waals surface area contributed by atoms with Crippen LogP contribution in [0.3, 0.4) is 0 Å². The predicted molar refractivity (Wildman–Crippen MR) is 232 cm³/mol. The number of benzene rings is 1. The van der Waals surface area contributed by atoms with Crippen molar-refractivity contribution in [1.82, 2.24) is 5.01 Å². The number of hydrazone groups is 1. The summed E-state index contributed by atoms with van der Waals surface area (Å²) in [6.45, 7) is 9.77. The zero-order valence-electron chi connectivity index (χ0n) is 35.8. The fraction of sp³-hybridized carbons (Fsp3) is 0.714. The largest absolute Gasteiger partial charge is 0.506 e. The highest BCUT2D eigenvalue weighted by molar-refractivity contribution is 6.44. The number of aliphatic hydroxyl groups is 1. The Balaban J connectivity index is 1.24. The first-order valence-electron chi connectivity index (χ1n) is 23.5. The summed E-state index contributed by atoms with van der Waals surface area (Å²) in [5.41, 5.74) is 2.69. The predicted octanol–water partition coefficient (Wildman–Crippen LogP) is 11.7. The number of rotatable bonds is 16. The number of aliphatic hydroxyl groups excluding tert-OH is 1. The number of anilines is 2. The summed E-state index contributed by atoms with van der Waals surface area (Å²) in [5.74, 6) is 1.46. The fourth-order valence-corrected chi connectivity index (χ4v) is 11.2. The van der Waals surface area contributed by atoms with Crippen LogP contribution in [-0.4, -0.2) is 52.6 Å². The van der Waals surface area contributed by atoms with E-state index in [1.54, 1.807) is 0 Å². The minimum absolute atomic E-state index is 0.0365. The molecule has 0 unspecified atom stereocenters. The van der Waals surface area contributed by atoms with E-state index in [1.807, 2.05) is 44.0 Å². The van der Waals surface area contributed by atoms with Gasteiger partial charge in [0, 0.05) is 29.8 Å². The number of ketones is 1. The van der Waals surface area contributed by atoms with Gasteiger partial charge in [0.2, 0.25) is 11.7 Å². The minimum Gasteiger partial charge on any atom is -0.506 e. The lowest BCUT2D eigenvalue weighted by atomic mass is 9.73. The lowest BCUT2D eigenvalue weighted by Gasteiger charge is -2.41. The van der Waals surface area contributed by atoms with E-state index in [-0.39, 0.29) is 40.5 Å². The summed E-state index contributed by atoms with van der Waals surface area (Å²) in [4.78, 5) is 45.6. The lowest BCUT2D eigenvalue weighted by molar-refractivity contribution is -0.131. The minimum atomic E-state index is -0.621. The van der Waals surface area contributed by atoms with E-state index in [1.165, 1.54) is 96.3 Å². The molecule has 6 aliphatic rings. The number of nitrogens with zero attached hydrogens (tertiary/aromatic N) is 3. The first-order chi connectivity index (χ1) is 27.6. The maximum Gasteiger partial charge on any atom is 0.277 e. The van der Waals surface area contributed by atoms with Gasteiger partial charge in [-0.3, -0.25) is 14.4 Å². The van der Waals surface area contributed by atoms with Gasteiger partial charge in [-0.15, -0.1) is 0 Å². The second kappa shape index (κ2) is 18.7. The van der Waals surface area contributed by atoms with Crippen LogP contribution < -0.4 is 10.2 Å². The third kappa shape index (κ3) is 9.10. The van der Waals surface area contributed by atoms with Crippen molar-refractivity contribution in [3.63, 3.8) is 0 Å². The van der Waals surface area contributed by atoms with Gasteiger partial charge in [-0.05, 0) is 107 Å². The summed E-state index contributed by atoms with van der Waals surface area (Å²) < 4.78 is 0. The number of carbonyl (C=O) groups is 3. The quantitative estimate of drug-likeness (QED) is 0.163. The van der Waals surface area contributed by atoms with E-state index < -0.39 is 5.41 Å². The molecular formula is C49H72N4O4. The molecule has 1 aliphatic heterocycles. The molecule has 1 aromatic carbocycles. The van der Waals surface area contributed by atoms with Crippen molar-refractivity contribution in [1.29, 1.82) is 0 Å². The van der Waals surface area contributed by atoms with Crippen molar-refractivity contribution in [2.75, 3.05) is 23.3 Å². The maximum atomic E-state index is 14.9. The summed E-state index contributed by atoms with van der Waals surface area (Å²) >= 11 is 0. The molecule has 8 heteroatoms. The summed E-state index contributed by atoms with van der Waals surface area (Å²) in [6, 6.07) is 5.92. The van der Waals surface area contributed by atoms with Crippen LogP contribution in [0.25, 0.3) is 5.57 Å². The Morgan fingerprint density at radius 2 is 1.40 bits per heavy atom. The third-order valence-corrected chi connectivity index (χ3v) is 15.2. The van der Waals surface area contributed by atoms with Crippen molar-refractivity contribution in [2.24, 2.45) is 34.2 Å². The number of allylic oxidation sites excluding steroid dienone is 2. The van der Waals surface area contributed by atoms with Gasteiger partial charge in [0.15, 0.2) is 0 Å². The zero-order chi connectivity index (χ0) is 40.1. The Hall–Kier alpha value is -3.42. The molecule has 1 heterocycles. The first-order valence-corrected chi connectivity index (χ1v) is 23.5. The number of amides is 2. The molecule has 1 aromatic rings. The molecule has 0 atom stereocenters. The highest BCUT2D eigenvalue weighted by Gasteiger charge is 2.48. The zero-order valence-corrected chi connectivity index (χ0v) is 35.8. The molecule has 0 spiro atoms. The number of Topliss-reactive ketones (excluding diaryl/α,β-unsaturated/α-hetero) is 1. The Morgan fingerprint density at radius 3 is 1.96 bits per heavy atom. The highest BCUT2D eigenvalue weighted by Crippen LogP contribution is 2.46. The molecule has 0 bridgehead atoms. The van der Waals surface area contributed by atoms with Crippen LogP contribution >= 0.6 is 0 Å². The topological polar surface area (TPSA) is 102 Å². The molecule has 4 saturated carbocycles. The van der Waals surface area contributed by atoms with Crippen molar-refractivity contribution in [2.45, 2.75) is 181 Å². The summed E-state index contributed by atoms with van der Waals surface area (Å²) in [7, 11) is 0. The monoisotopic (exact) mass is 781 g/mol. The molecule has 2 N–H and O–H groups in total. The average Bonchev–Trinajstić information content (AvgIpc) is 4.01. The Labute approximate surface area is 343 Å². The lowest BCUT2D eigenvalue weighted by Crippen LogP contribution is -2.46. The number of hydrogen-bond acceptors (Lipinski definition) is 6. The van der Waals surface area contributed by atoms with E-state index in [4.69, 9.17) is 5.10 Å². The molecular weight excluding hydrogens is 709 g/mol. The second-order valence-electron chi connectivity index (χ2n) is 19.3. The SMILES string of the molecule is CCN(CCCC1CCCC1)c1ccc(C2=C(O)C(=C3C(=O)N(C(C4CCCCC4)C4CCCCC4)N=C3CCC3CCCC3)C2=O)c(NC(=O)C(C)(C)CC)c1. The van der Waals surface area contributed by atoms with Crippen molar-refractivity contribution in [3.8, 4) is 0 Å². The van der Waals surface area contributed by atoms with Gasteiger partial charge < -0.3 is 15.3 Å². The number of hydrogen-bond donors (Lipinski definition) is 2. The van der Waals surface area contributed by atoms with E-state index in [9.17, 15) is 19.5 Å². The first kappa shape index (κ1) is 41.7. The maximum absolute atomic E-state index is 14.9. The molecule has 2 amide bonds. The standard InChI is InChI=1S/C49H72N4O4/c1-5-49(3,4)48(57)50-40-32-37(52(6-2)31-17-22-33-18-13-14-19-33)28-29-38(40)41-45(54)43(46(41)55)42-39(30-27-34-20-15-16-21-34)51-53(47(42)56)44(35-23-9-7-10-24-35)36-25-11-8-12-26-36/h28-29,32-36,44,54H,5-27,30-31H2,1-4H3,(H,50,57). The van der Waals surface area contributed by atoms with Crippen LogP contribution in [0, 0.1) is 29.1 Å². The fourth-order valence-electron chi connectivity index (χ4n) is 11.2. The van der Waals surface area contributed by atoms with Crippen LogP contribution in [-0.2, 0) is 14.4 Å². The van der Waals surface area contributed by atoms with Crippen LogP contribution in [0.2, 0.25) is 0 Å². The van der Waals surface area contributed by atoms with Crippen molar-refractivity contribution in [3.05, 3.63) is 40.7 Å².